The number of ether oxygens (including phenoxy) is 2. The SMILES string of the molecule is COc1ccc(CNC(C)C)cc1OCC(O)CN(C)Cc1ccccc1. The summed E-state index contributed by atoms with van der Waals surface area (Å²) in [5, 5.41) is 13.7. The first-order valence-electron chi connectivity index (χ1n) is 9.41. The van der Waals surface area contributed by atoms with Crippen LogP contribution in [0.4, 0.5) is 0 Å². The predicted molar refractivity (Wildman–Crippen MR) is 109 cm³/mol. The van der Waals surface area contributed by atoms with Gasteiger partial charge in [0, 0.05) is 25.7 Å². The van der Waals surface area contributed by atoms with Crippen LogP contribution in [-0.4, -0.2) is 49.5 Å². The van der Waals surface area contributed by atoms with Gasteiger partial charge in [-0.05, 0) is 30.3 Å². The highest BCUT2D eigenvalue weighted by Crippen LogP contribution is 2.28. The fraction of sp³-hybridized carbons (Fsp3) is 0.455. The molecule has 2 aromatic rings. The summed E-state index contributed by atoms with van der Waals surface area (Å²) >= 11 is 0. The summed E-state index contributed by atoms with van der Waals surface area (Å²) in [5.74, 6) is 1.33. The zero-order chi connectivity index (χ0) is 19.6. The molecule has 0 aliphatic rings. The van der Waals surface area contributed by atoms with Gasteiger partial charge in [-0.3, -0.25) is 4.90 Å². The van der Waals surface area contributed by atoms with E-state index in [1.165, 1.54) is 5.56 Å². The highest BCUT2D eigenvalue weighted by atomic mass is 16.5. The molecule has 0 aromatic heterocycles. The van der Waals surface area contributed by atoms with Gasteiger partial charge in [-0.1, -0.05) is 50.2 Å². The Morgan fingerprint density at radius 3 is 2.44 bits per heavy atom. The molecule has 2 aromatic carbocycles. The van der Waals surface area contributed by atoms with Crippen molar-refractivity contribution in [1.82, 2.24) is 10.2 Å². The molecule has 2 rings (SSSR count). The minimum absolute atomic E-state index is 0.219. The van der Waals surface area contributed by atoms with Gasteiger partial charge in [0.2, 0.25) is 0 Å². The van der Waals surface area contributed by atoms with E-state index in [9.17, 15) is 5.11 Å². The standard InChI is InChI=1S/C22H32N2O3/c1-17(2)23-13-19-10-11-21(26-4)22(12-19)27-16-20(25)15-24(3)14-18-8-6-5-7-9-18/h5-12,17,20,23,25H,13-16H2,1-4H3. The van der Waals surface area contributed by atoms with E-state index in [0.717, 1.165) is 18.7 Å². The average Bonchev–Trinajstić information content (AvgIpc) is 2.65. The van der Waals surface area contributed by atoms with Gasteiger partial charge in [0.05, 0.1) is 7.11 Å². The second kappa shape index (κ2) is 10.9. The maximum Gasteiger partial charge on any atom is 0.161 e. The number of aliphatic hydroxyl groups excluding tert-OH is 1. The van der Waals surface area contributed by atoms with Crippen LogP contribution < -0.4 is 14.8 Å². The Morgan fingerprint density at radius 2 is 1.78 bits per heavy atom. The van der Waals surface area contributed by atoms with E-state index in [-0.39, 0.29) is 6.61 Å². The second-order valence-corrected chi connectivity index (χ2v) is 7.17. The zero-order valence-electron chi connectivity index (χ0n) is 16.8. The number of aliphatic hydroxyl groups is 1. The monoisotopic (exact) mass is 372 g/mol. The molecule has 0 spiro atoms. The Bertz CT molecular complexity index is 677. The normalized spacial score (nSPS) is 12.4. The maximum atomic E-state index is 10.3. The second-order valence-electron chi connectivity index (χ2n) is 7.17. The lowest BCUT2D eigenvalue weighted by molar-refractivity contribution is 0.0732. The molecule has 0 aliphatic heterocycles. The maximum absolute atomic E-state index is 10.3. The van der Waals surface area contributed by atoms with Crippen LogP contribution in [0.15, 0.2) is 48.5 Å². The molecule has 0 saturated carbocycles. The number of benzene rings is 2. The van der Waals surface area contributed by atoms with E-state index in [2.05, 4.69) is 36.2 Å². The average molecular weight is 373 g/mol. The third-order valence-corrected chi connectivity index (χ3v) is 4.19. The van der Waals surface area contributed by atoms with Crippen molar-refractivity contribution in [3.8, 4) is 11.5 Å². The molecule has 1 unspecified atom stereocenters. The van der Waals surface area contributed by atoms with Gasteiger partial charge in [0.1, 0.15) is 12.7 Å². The summed E-state index contributed by atoms with van der Waals surface area (Å²) in [6.07, 6.45) is -0.583. The van der Waals surface area contributed by atoms with Crippen molar-refractivity contribution in [2.45, 2.75) is 39.1 Å². The Hall–Kier alpha value is -2.08. The van der Waals surface area contributed by atoms with Crippen LogP contribution in [-0.2, 0) is 13.1 Å². The Labute approximate surface area is 162 Å². The molecule has 2 N–H and O–H groups in total. The quantitative estimate of drug-likeness (QED) is 0.635. The number of methoxy groups -OCH3 is 1. The summed E-state index contributed by atoms with van der Waals surface area (Å²) in [7, 11) is 3.62. The minimum Gasteiger partial charge on any atom is -0.493 e. The van der Waals surface area contributed by atoms with Crippen molar-refractivity contribution >= 4 is 0 Å². The molecule has 148 valence electrons. The van der Waals surface area contributed by atoms with E-state index in [1.807, 2.05) is 43.4 Å². The molecule has 0 fully saturated rings. The molecule has 0 amide bonds. The first-order valence-corrected chi connectivity index (χ1v) is 9.41. The van der Waals surface area contributed by atoms with Gasteiger partial charge in [0.15, 0.2) is 11.5 Å². The number of rotatable bonds is 11. The van der Waals surface area contributed by atoms with Crippen LogP contribution in [0.25, 0.3) is 0 Å². The lowest BCUT2D eigenvalue weighted by atomic mass is 10.2. The molecule has 0 bridgehead atoms. The lowest BCUT2D eigenvalue weighted by Gasteiger charge is -2.21. The van der Waals surface area contributed by atoms with Gasteiger partial charge in [0.25, 0.3) is 0 Å². The van der Waals surface area contributed by atoms with Crippen LogP contribution >= 0.6 is 0 Å². The van der Waals surface area contributed by atoms with Crippen molar-refractivity contribution in [2.24, 2.45) is 0 Å². The summed E-state index contributed by atoms with van der Waals surface area (Å²) in [6.45, 7) is 6.53. The van der Waals surface area contributed by atoms with E-state index in [4.69, 9.17) is 9.47 Å². The van der Waals surface area contributed by atoms with Gasteiger partial charge in [-0.15, -0.1) is 0 Å². The topological polar surface area (TPSA) is 54.0 Å². The Balaban J connectivity index is 1.87. The number of likely N-dealkylation sites (N-methyl/N-ethyl adjacent to an activating group) is 1. The third kappa shape index (κ3) is 7.59. The zero-order valence-corrected chi connectivity index (χ0v) is 16.8. The van der Waals surface area contributed by atoms with Crippen molar-refractivity contribution < 1.29 is 14.6 Å². The molecule has 5 nitrogen and oxygen atoms in total. The van der Waals surface area contributed by atoms with Gasteiger partial charge in [-0.2, -0.15) is 0 Å². The van der Waals surface area contributed by atoms with Gasteiger partial charge in [-0.25, -0.2) is 0 Å². The molecule has 0 radical (unpaired) electrons. The highest BCUT2D eigenvalue weighted by Gasteiger charge is 2.12. The summed E-state index contributed by atoms with van der Waals surface area (Å²) in [5.41, 5.74) is 2.34. The van der Waals surface area contributed by atoms with E-state index < -0.39 is 6.10 Å². The molecule has 0 aliphatic carbocycles. The molecule has 1 atom stereocenters. The predicted octanol–water partition coefficient (Wildman–Crippen LogP) is 3.06. The summed E-state index contributed by atoms with van der Waals surface area (Å²) in [6, 6.07) is 16.5. The van der Waals surface area contributed by atoms with E-state index in [0.29, 0.717) is 24.1 Å². The van der Waals surface area contributed by atoms with Gasteiger partial charge >= 0.3 is 0 Å². The molecular formula is C22H32N2O3. The summed E-state index contributed by atoms with van der Waals surface area (Å²) in [4.78, 5) is 2.09. The fourth-order valence-electron chi connectivity index (χ4n) is 2.82. The lowest BCUT2D eigenvalue weighted by Crippen LogP contribution is -2.32. The van der Waals surface area contributed by atoms with Crippen molar-refractivity contribution in [2.75, 3.05) is 27.3 Å². The molecule has 0 saturated heterocycles. The van der Waals surface area contributed by atoms with Crippen LogP contribution in [0, 0.1) is 0 Å². The van der Waals surface area contributed by atoms with E-state index in [1.54, 1.807) is 7.11 Å². The number of nitrogens with one attached hydrogen (secondary N) is 1. The van der Waals surface area contributed by atoms with Crippen LogP contribution in [0.3, 0.4) is 0 Å². The first-order chi connectivity index (χ1) is 13.0. The largest absolute Gasteiger partial charge is 0.493 e. The molecule has 27 heavy (non-hydrogen) atoms. The van der Waals surface area contributed by atoms with Gasteiger partial charge < -0.3 is 19.9 Å². The van der Waals surface area contributed by atoms with Crippen LogP contribution in [0.2, 0.25) is 0 Å². The van der Waals surface area contributed by atoms with Crippen LogP contribution in [0.1, 0.15) is 25.0 Å². The van der Waals surface area contributed by atoms with Crippen molar-refractivity contribution in [3.05, 3.63) is 59.7 Å². The molecule has 5 heteroatoms. The molecule has 0 heterocycles. The Morgan fingerprint density at radius 1 is 1.04 bits per heavy atom. The smallest absolute Gasteiger partial charge is 0.161 e. The third-order valence-electron chi connectivity index (χ3n) is 4.19. The number of hydrogen-bond acceptors (Lipinski definition) is 5. The number of nitrogens with zero attached hydrogens (tertiary/aromatic N) is 1. The fourth-order valence-corrected chi connectivity index (χ4v) is 2.82. The Kier molecular flexibility index (Phi) is 8.58. The van der Waals surface area contributed by atoms with E-state index >= 15 is 0 Å². The summed E-state index contributed by atoms with van der Waals surface area (Å²) < 4.78 is 11.2. The van der Waals surface area contributed by atoms with Crippen LogP contribution in [0.5, 0.6) is 11.5 Å². The first kappa shape index (κ1) is 21.2. The minimum atomic E-state index is -0.583. The highest BCUT2D eigenvalue weighted by molar-refractivity contribution is 5.43. The number of hydrogen-bond donors (Lipinski definition) is 2. The van der Waals surface area contributed by atoms with Crippen molar-refractivity contribution in [1.29, 1.82) is 0 Å². The van der Waals surface area contributed by atoms with Crippen molar-refractivity contribution in [3.63, 3.8) is 0 Å². The molecular weight excluding hydrogens is 340 g/mol.